The highest BCUT2D eigenvalue weighted by atomic mass is 16.2. The molecule has 1 aliphatic rings. The van der Waals surface area contributed by atoms with E-state index in [9.17, 15) is 14.4 Å². The monoisotopic (exact) mass is 337 g/mol. The molecule has 0 aliphatic carbocycles. The second-order valence-corrected chi connectivity index (χ2v) is 6.79. The van der Waals surface area contributed by atoms with Crippen LogP contribution in [-0.4, -0.2) is 60.7 Å². The molecule has 1 saturated heterocycles. The highest BCUT2D eigenvalue weighted by Gasteiger charge is 2.23. The van der Waals surface area contributed by atoms with Crippen molar-refractivity contribution in [3.63, 3.8) is 0 Å². The summed E-state index contributed by atoms with van der Waals surface area (Å²) in [5.74, 6) is 0.0588. The number of nitrogens with one attached hydrogen (secondary N) is 1. The van der Waals surface area contributed by atoms with Gasteiger partial charge in [-0.2, -0.15) is 0 Å². The van der Waals surface area contributed by atoms with E-state index in [0.717, 1.165) is 25.9 Å². The van der Waals surface area contributed by atoms with Crippen molar-refractivity contribution in [2.45, 2.75) is 52.5 Å². The number of hydrogen-bond acceptors (Lipinski definition) is 3. The molecule has 6 nitrogen and oxygen atoms in total. The predicted molar refractivity (Wildman–Crippen MR) is 94.3 cm³/mol. The van der Waals surface area contributed by atoms with Gasteiger partial charge in [-0.15, -0.1) is 0 Å². The van der Waals surface area contributed by atoms with Gasteiger partial charge in [-0.1, -0.05) is 32.8 Å². The molecule has 1 aliphatic heterocycles. The van der Waals surface area contributed by atoms with Crippen molar-refractivity contribution in [3.05, 3.63) is 11.6 Å². The molecule has 1 N–H and O–H groups in total. The van der Waals surface area contributed by atoms with Crippen molar-refractivity contribution in [1.29, 1.82) is 0 Å². The average molecular weight is 337 g/mol. The van der Waals surface area contributed by atoms with Crippen LogP contribution in [0.5, 0.6) is 0 Å². The molecule has 136 valence electrons. The number of likely N-dealkylation sites (N-methyl/N-ethyl adjacent to an activating group) is 1. The van der Waals surface area contributed by atoms with E-state index in [-0.39, 0.29) is 30.3 Å². The predicted octanol–water partition coefficient (Wildman–Crippen LogP) is 1.56. The van der Waals surface area contributed by atoms with E-state index in [1.807, 2.05) is 31.7 Å². The molecule has 6 heteroatoms. The van der Waals surface area contributed by atoms with E-state index in [0.29, 0.717) is 12.0 Å². The SMILES string of the molecule is CC(=C[C@H](C(C)C)N(C)C(=O)CNC=O)C(=O)N1CCCCCC1. The van der Waals surface area contributed by atoms with Gasteiger partial charge in [0.15, 0.2) is 0 Å². The van der Waals surface area contributed by atoms with Crippen LogP contribution < -0.4 is 5.32 Å². The van der Waals surface area contributed by atoms with Gasteiger partial charge >= 0.3 is 0 Å². The minimum Gasteiger partial charge on any atom is -0.350 e. The Labute approximate surface area is 145 Å². The van der Waals surface area contributed by atoms with Crippen molar-refractivity contribution < 1.29 is 14.4 Å². The Bertz CT molecular complexity index is 466. The Kier molecular flexibility index (Phi) is 8.50. The molecular formula is C18H31N3O3. The Hall–Kier alpha value is -1.85. The van der Waals surface area contributed by atoms with Gasteiger partial charge in [-0.05, 0) is 25.7 Å². The highest BCUT2D eigenvalue weighted by Crippen LogP contribution is 2.16. The lowest BCUT2D eigenvalue weighted by atomic mass is 9.99. The lowest BCUT2D eigenvalue weighted by Gasteiger charge is -2.30. The zero-order valence-electron chi connectivity index (χ0n) is 15.4. The Balaban J connectivity index is 2.83. The van der Waals surface area contributed by atoms with E-state index >= 15 is 0 Å². The van der Waals surface area contributed by atoms with E-state index in [4.69, 9.17) is 0 Å². The first-order valence-electron chi connectivity index (χ1n) is 8.78. The summed E-state index contributed by atoms with van der Waals surface area (Å²) in [6, 6.07) is -0.179. The number of amides is 3. The van der Waals surface area contributed by atoms with Crippen LogP contribution in [0, 0.1) is 5.92 Å². The summed E-state index contributed by atoms with van der Waals surface area (Å²) < 4.78 is 0. The standard InChI is InChI=1S/C18H31N3O3/c1-14(2)16(20(4)17(23)12-19-13-22)11-15(3)18(24)21-9-7-5-6-8-10-21/h11,13-14,16H,5-10,12H2,1-4H3,(H,19,22)/t16-/m1/s1. The van der Waals surface area contributed by atoms with Crippen LogP contribution in [0.1, 0.15) is 46.5 Å². The second-order valence-electron chi connectivity index (χ2n) is 6.79. The smallest absolute Gasteiger partial charge is 0.249 e. The molecule has 3 amide bonds. The zero-order valence-corrected chi connectivity index (χ0v) is 15.4. The molecule has 0 aromatic heterocycles. The Morgan fingerprint density at radius 3 is 2.25 bits per heavy atom. The Morgan fingerprint density at radius 2 is 1.75 bits per heavy atom. The van der Waals surface area contributed by atoms with Crippen LogP contribution in [-0.2, 0) is 14.4 Å². The number of likely N-dealkylation sites (tertiary alicyclic amines) is 1. The molecule has 0 radical (unpaired) electrons. The van der Waals surface area contributed by atoms with Crippen LogP contribution in [0.2, 0.25) is 0 Å². The van der Waals surface area contributed by atoms with E-state index < -0.39 is 0 Å². The summed E-state index contributed by atoms with van der Waals surface area (Å²) in [6.07, 6.45) is 6.88. The van der Waals surface area contributed by atoms with Gasteiger partial charge in [-0.3, -0.25) is 14.4 Å². The summed E-state index contributed by atoms with van der Waals surface area (Å²) in [6.45, 7) is 7.45. The van der Waals surface area contributed by atoms with Gasteiger partial charge in [0.05, 0.1) is 12.6 Å². The molecule has 0 aromatic carbocycles. The lowest BCUT2D eigenvalue weighted by molar-refractivity contribution is -0.132. The summed E-state index contributed by atoms with van der Waals surface area (Å²) in [5.41, 5.74) is 0.679. The van der Waals surface area contributed by atoms with E-state index in [1.54, 1.807) is 11.9 Å². The van der Waals surface area contributed by atoms with Crippen LogP contribution in [0.25, 0.3) is 0 Å². The van der Waals surface area contributed by atoms with Gasteiger partial charge in [0.2, 0.25) is 18.2 Å². The van der Waals surface area contributed by atoms with Gasteiger partial charge in [-0.25, -0.2) is 0 Å². The molecular weight excluding hydrogens is 306 g/mol. The van der Waals surface area contributed by atoms with Crippen molar-refractivity contribution in [2.75, 3.05) is 26.7 Å². The molecule has 1 atom stereocenters. The minimum absolute atomic E-state index is 0.0316. The fourth-order valence-electron chi connectivity index (χ4n) is 3.02. The summed E-state index contributed by atoms with van der Waals surface area (Å²) in [7, 11) is 1.71. The quantitative estimate of drug-likeness (QED) is 0.566. The van der Waals surface area contributed by atoms with Gasteiger partial charge in [0.1, 0.15) is 0 Å². The fourth-order valence-corrected chi connectivity index (χ4v) is 3.02. The first-order chi connectivity index (χ1) is 11.4. The average Bonchev–Trinajstić information content (AvgIpc) is 2.84. The minimum atomic E-state index is -0.179. The molecule has 1 heterocycles. The van der Waals surface area contributed by atoms with Gasteiger partial charge in [0, 0.05) is 25.7 Å². The van der Waals surface area contributed by atoms with Crippen LogP contribution in [0.4, 0.5) is 0 Å². The first-order valence-corrected chi connectivity index (χ1v) is 8.78. The number of rotatable bonds is 7. The van der Waals surface area contributed by atoms with Crippen LogP contribution >= 0.6 is 0 Å². The zero-order chi connectivity index (χ0) is 18.1. The van der Waals surface area contributed by atoms with E-state index in [1.165, 1.54) is 12.8 Å². The van der Waals surface area contributed by atoms with Gasteiger partial charge < -0.3 is 15.1 Å². The van der Waals surface area contributed by atoms with E-state index in [2.05, 4.69) is 5.32 Å². The topological polar surface area (TPSA) is 69.7 Å². The van der Waals surface area contributed by atoms with Crippen LogP contribution in [0.15, 0.2) is 11.6 Å². The lowest BCUT2D eigenvalue weighted by Crippen LogP contribution is -2.44. The number of hydrogen-bond donors (Lipinski definition) is 1. The second kappa shape index (κ2) is 10.1. The molecule has 0 aromatic rings. The fraction of sp³-hybridized carbons (Fsp3) is 0.722. The van der Waals surface area contributed by atoms with Crippen molar-refractivity contribution >= 4 is 18.2 Å². The third kappa shape index (κ3) is 5.98. The summed E-state index contributed by atoms with van der Waals surface area (Å²) >= 11 is 0. The maximum absolute atomic E-state index is 12.7. The maximum Gasteiger partial charge on any atom is 0.249 e. The van der Waals surface area contributed by atoms with Crippen LogP contribution in [0.3, 0.4) is 0 Å². The Morgan fingerprint density at radius 1 is 1.17 bits per heavy atom. The molecule has 0 bridgehead atoms. The molecule has 0 unspecified atom stereocenters. The molecule has 1 fully saturated rings. The van der Waals surface area contributed by atoms with Crippen molar-refractivity contribution in [3.8, 4) is 0 Å². The molecule has 0 spiro atoms. The molecule has 1 rings (SSSR count). The summed E-state index contributed by atoms with van der Waals surface area (Å²) in [5, 5.41) is 2.39. The van der Waals surface area contributed by atoms with Gasteiger partial charge in [0.25, 0.3) is 0 Å². The first kappa shape index (κ1) is 20.2. The maximum atomic E-state index is 12.7. The number of carbonyl (C=O) groups excluding carboxylic acids is 3. The molecule has 24 heavy (non-hydrogen) atoms. The van der Waals surface area contributed by atoms with Crippen molar-refractivity contribution in [2.24, 2.45) is 5.92 Å². The summed E-state index contributed by atoms with van der Waals surface area (Å²) in [4.78, 5) is 38.7. The third-order valence-corrected chi connectivity index (χ3v) is 4.51. The third-order valence-electron chi connectivity index (χ3n) is 4.51. The normalized spacial score (nSPS) is 17.2. The molecule has 0 saturated carbocycles. The largest absolute Gasteiger partial charge is 0.350 e. The van der Waals surface area contributed by atoms with Crippen molar-refractivity contribution in [1.82, 2.24) is 15.1 Å². The number of nitrogens with zero attached hydrogens (tertiary/aromatic N) is 2. The highest BCUT2D eigenvalue weighted by molar-refractivity contribution is 5.93. The number of carbonyl (C=O) groups is 3.